The topological polar surface area (TPSA) is 12.5 Å². The first-order valence-electron chi connectivity index (χ1n) is 5.37. The van der Waals surface area contributed by atoms with Gasteiger partial charge in [-0.3, -0.25) is 0 Å². The van der Waals surface area contributed by atoms with Crippen molar-refractivity contribution in [2.24, 2.45) is 5.92 Å². The molecule has 0 aliphatic carbocycles. The van der Waals surface area contributed by atoms with Crippen LogP contribution in [0.25, 0.3) is 0 Å². The standard InChI is InChI=1S/C11H23NO/c1-9(2)11-6-5-10(12(11)3)7-8-13-4/h9-11H,5-8H2,1-4H3/t10-,11-/m1/s1. The number of ether oxygens (including phenoxy) is 1. The van der Waals surface area contributed by atoms with Gasteiger partial charge >= 0.3 is 0 Å². The minimum absolute atomic E-state index is 0.757. The van der Waals surface area contributed by atoms with Gasteiger partial charge in [0.2, 0.25) is 0 Å². The third-order valence-corrected chi connectivity index (χ3v) is 3.32. The van der Waals surface area contributed by atoms with Gasteiger partial charge in [-0.1, -0.05) is 13.8 Å². The van der Waals surface area contributed by atoms with E-state index >= 15 is 0 Å². The molecule has 0 aromatic rings. The highest BCUT2D eigenvalue weighted by Crippen LogP contribution is 2.28. The van der Waals surface area contributed by atoms with E-state index in [1.54, 1.807) is 7.11 Å². The summed E-state index contributed by atoms with van der Waals surface area (Å²) in [6.45, 7) is 5.54. The van der Waals surface area contributed by atoms with Gasteiger partial charge in [-0.15, -0.1) is 0 Å². The second-order valence-corrected chi connectivity index (χ2v) is 4.49. The van der Waals surface area contributed by atoms with Crippen molar-refractivity contribution in [3.05, 3.63) is 0 Å². The van der Waals surface area contributed by atoms with Crippen molar-refractivity contribution in [3.8, 4) is 0 Å². The monoisotopic (exact) mass is 185 g/mol. The smallest absolute Gasteiger partial charge is 0.0477 e. The van der Waals surface area contributed by atoms with Crippen molar-refractivity contribution < 1.29 is 4.74 Å². The molecule has 1 saturated heterocycles. The number of methoxy groups -OCH3 is 1. The zero-order chi connectivity index (χ0) is 9.84. The fourth-order valence-corrected chi connectivity index (χ4v) is 2.45. The molecule has 1 fully saturated rings. The molecule has 0 spiro atoms. The summed E-state index contributed by atoms with van der Waals surface area (Å²) in [5.74, 6) is 0.789. The molecule has 0 amide bonds. The minimum Gasteiger partial charge on any atom is -0.385 e. The van der Waals surface area contributed by atoms with Gasteiger partial charge in [0.15, 0.2) is 0 Å². The summed E-state index contributed by atoms with van der Waals surface area (Å²) in [6.07, 6.45) is 3.90. The molecule has 0 aromatic carbocycles. The summed E-state index contributed by atoms with van der Waals surface area (Å²) >= 11 is 0. The Morgan fingerprint density at radius 3 is 2.54 bits per heavy atom. The number of hydrogen-bond acceptors (Lipinski definition) is 2. The SMILES string of the molecule is COCC[C@H]1CC[C@H](C(C)C)N1C. The van der Waals surface area contributed by atoms with Crippen LogP contribution in [0.2, 0.25) is 0 Å². The van der Waals surface area contributed by atoms with Gasteiger partial charge in [0, 0.05) is 25.8 Å². The predicted octanol–water partition coefficient (Wildman–Crippen LogP) is 2.14. The summed E-state index contributed by atoms with van der Waals surface area (Å²) in [5.41, 5.74) is 0. The molecule has 1 aliphatic heterocycles. The van der Waals surface area contributed by atoms with Crippen LogP contribution in [0.5, 0.6) is 0 Å². The summed E-state index contributed by atoms with van der Waals surface area (Å²) in [6, 6.07) is 1.55. The Balaban J connectivity index is 2.36. The van der Waals surface area contributed by atoms with Gasteiger partial charge in [-0.05, 0) is 32.2 Å². The van der Waals surface area contributed by atoms with Crippen LogP contribution in [-0.2, 0) is 4.74 Å². The third-order valence-electron chi connectivity index (χ3n) is 3.32. The lowest BCUT2D eigenvalue weighted by molar-refractivity contribution is 0.140. The van der Waals surface area contributed by atoms with Crippen molar-refractivity contribution in [1.29, 1.82) is 0 Å². The van der Waals surface area contributed by atoms with Gasteiger partial charge in [0.25, 0.3) is 0 Å². The second-order valence-electron chi connectivity index (χ2n) is 4.49. The lowest BCUT2D eigenvalue weighted by atomic mass is 10.0. The molecule has 13 heavy (non-hydrogen) atoms. The highest BCUT2D eigenvalue weighted by atomic mass is 16.5. The first-order valence-corrected chi connectivity index (χ1v) is 5.37. The van der Waals surface area contributed by atoms with Crippen LogP contribution in [0.4, 0.5) is 0 Å². The molecule has 0 saturated carbocycles. The highest BCUT2D eigenvalue weighted by Gasteiger charge is 2.31. The van der Waals surface area contributed by atoms with E-state index in [-0.39, 0.29) is 0 Å². The normalized spacial score (nSPS) is 30.2. The number of hydrogen-bond donors (Lipinski definition) is 0. The zero-order valence-corrected chi connectivity index (χ0v) is 9.42. The van der Waals surface area contributed by atoms with Gasteiger partial charge < -0.3 is 9.64 Å². The van der Waals surface area contributed by atoms with Crippen LogP contribution in [0, 0.1) is 5.92 Å². The largest absolute Gasteiger partial charge is 0.385 e. The fraction of sp³-hybridized carbons (Fsp3) is 1.00. The molecule has 2 nitrogen and oxygen atoms in total. The maximum absolute atomic E-state index is 5.12. The average Bonchev–Trinajstić information content (AvgIpc) is 2.43. The molecule has 0 radical (unpaired) electrons. The van der Waals surface area contributed by atoms with Gasteiger partial charge in [-0.2, -0.15) is 0 Å². The summed E-state index contributed by atoms with van der Waals surface area (Å²) in [5, 5.41) is 0. The molecule has 0 N–H and O–H groups in total. The summed E-state index contributed by atoms with van der Waals surface area (Å²) in [7, 11) is 4.05. The molecule has 2 atom stereocenters. The lowest BCUT2D eigenvalue weighted by Crippen LogP contribution is -2.35. The van der Waals surface area contributed by atoms with E-state index in [1.807, 2.05) is 0 Å². The Hall–Kier alpha value is -0.0800. The van der Waals surface area contributed by atoms with E-state index in [0.29, 0.717) is 0 Å². The third kappa shape index (κ3) is 2.68. The Morgan fingerprint density at radius 2 is 2.08 bits per heavy atom. The summed E-state index contributed by atoms with van der Waals surface area (Å²) < 4.78 is 5.12. The number of nitrogens with zero attached hydrogens (tertiary/aromatic N) is 1. The quantitative estimate of drug-likeness (QED) is 0.665. The Kier molecular flexibility index (Phi) is 4.20. The van der Waals surface area contributed by atoms with Crippen LogP contribution < -0.4 is 0 Å². The first-order chi connectivity index (χ1) is 6.16. The van der Waals surface area contributed by atoms with Crippen LogP contribution >= 0.6 is 0 Å². The minimum atomic E-state index is 0.757. The molecule has 0 bridgehead atoms. The molecule has 1 rings (SSSR count). The molecular weight excluding hydrogens is 162 g/mol. The molecular formula is C11H23NO. The van der Waals surface area contributed by atoms with Crippen molar-refractivity contribution in [3.63, 3.8) is 0 Å². The van der Waals surface area contributed by atoms with Gasteiger partial charge in [0.1, 0.15) is 0 Å². The molecule has 0 unspecified atom stereocenters. The van der Waals surface area contributed by atoms with Crippen molar-refractivity contribution in [1.82, 2.24) is 4.90 Å². The first kappa shape index (κ1) is 11.0. The van der Waals surface area contributed by atoms with E-state index in [4.69, 9.17) is 4.74 Å². The van der Waals surface area contributed by atoms with Gasteiger partial charge in [-0.25, -0.2) is 0 Å². The van der Waals surface area contributed by atoms with E-state index in [2.05, 4.69) is 25.8 Å². The van der Waals surface area contributed by atoms with Crippen molar-refractivity contribution in [2.75, 3.05) is 20.8 Å². The van der Waals surface area contributed by atoms with E-state index in [9.17, 15) is 0 Å². The maximum atomic E-state index is 5.12. The number of likely N-dealkylation sites (tertiary alicyclic amines) is 1. The second kappa shape index (κ2) is 4.97. The summed E-state index contributed by atoms with van der Waals surface area (Å²) in [4.78, 5) is 2.55. The predicted molar refractivity (Wildman–Crippen MR) is 55.9 cm³/mol. The van der Waals surface area contributed by atoms with Crippen LogP contribution in [-0.4, -0.2) is 37.7 Å². The average molecular weight is 185 g/mol. The highest BCUT2D eigenvalue weighted by molar-refractivity contribution is 4.86. The van der Waals surface area contributed by atoms with E-state index < -0.39 is 0 Å². The molecule has 78 valence electrons. The molecule has 0 aromatic heterocycles. The lowest BCUT2D eigenvalue weighted by Gasteiger charge is -2.28. The molecule has 1 aliphatic rings. The van der Waals surface area contributed by atoms with E-state index in [1.165, 1.54) is 19.3 Å². The van der Waals surface area contributed by atoms with Crippen LogP contribution in [0.1, 0.15) is 33.1 Å². The number of rotatable bonds is 4. The maximum Gasteiger partial charge on any atom is 0.0477 e. The Morgan fingerprint density at radius 1 is 1.38 bits per heavy atom. The molecule has 1 heterocycles. The van der Waals surface area contributed by atoms with Crippen molar-refractivity contribution >= 4 is 0 Å². The van der Waals surface area contributed by atoms with E-state index in [0.717, 1.165) is 24.6 Å². The van der Waals surface area contributed by atoms with Crippen LogP contribution in [0.3, 0.4) is 0 Å². The van der Waals surface area contributed by atoms with Gasteiger partial charge in [0.05, 0.1) is 0 Å². The Labute approximate surface area is 82.3 Å². The fourth-order valence-electron chi connectivity index (χ4n) is 2.45. The molecule has 2 heteroatoms. The van der Waals surface area contributed by atoms with Crippen LogP contribution in [0.15, 0.2) is 0 Å². The Bertz CT molecular complexity index is 147. The van der Waals surface area contributed by atoms with Crippen molar-refractivity contribution in [2.45, 2.75) is 45.2 Å². The zero-order valence-electron chi connectivity index (χ0n) is 9.42.